The van der Waals surface area contributed by atoms with Crippen molar-refractivity contribution in [1.82, 2.24) is 0 Å². The van der Waals surface area contributed by atoms with Crippen molar-refractivity contribution < 1.29 is 13.0 Å². The van der Waals surface area contributed by atoms with E-state index >= 15 is 0 Å². The van der Waals surface area contributed by atoms with Crippen molar-refractivity contribution in [3.63, 3.8) is 0 Å². The van der Waals surface area contributed by atoms with Crippen LogP contribution < -0.4 is 0 Å². The summed E-state index contributed by atoms with van der Waals surface area (Å²) in [4.78, 5) is 0. The Morgan fingerprint density at radius 2 is 1.87 bits per heavy atom. The summed E-state index contributed by atoms with van der Waals surface area (Å²) in [6.45, 7) is 8.12. The molecule has 1 aliphatic rings. The van der Waals surface area contributed by atoms with E-state index in [0.717, 1.165) is 19.3 Å². The maximum atomic E-state index is 11.1. The lowest BCUT2D eigenvalue weighted by Gasteiger charge is -2.40. The number of hydrogen-bond acceptors (Lipinski definition) is 2. The van der Waals surface area contributed by atoms with Crippen LogP contribution in [0.25, 0.3) is 0 Å². The molecule has 1 saturated carbocycles. The molecular formula is C11H22O3S. The van der Waals surface area contributed by atoms with Crippen LogP contribution >= 0.6 is 0 Å². The standard InChI is InChI=1S/C11H22O3S/c1-8-5-10(7-11(3,4)6-8)9(2)15(12,13)14/h8-10H,5-7H2,1-4H3,(H,12,13,14). The smallest absolute Gasteiger partial charge is 0.267 e. The fourth-order valence-electron chi connectivity index (χ4n) is 3.02. The zero-order chi connectivity index (χ0) is 11.9. The average Bonchev–Trinajstić information content (AvgIpc) is 1.97. The van der Waals surface area contributed by atoms with Gasteiger partial charge in [0.1, 0.15) is 0 Å². The Hall–Kier alpha value is -0.0900. The van der Waals surface area contributed by atoms with Crippen LogP contribution in [0.1, 0.15) is 47.0 Å². The van der Waals surface area contributed by atoms with Gasteiger partial charge in [-0.2, -0.15) is 8.42 Å². The van der Waals surface area contributed by atoms with Gasteiger partial charge in [0, 0.05) is 0 Å². The van der Waals surface area contributed by atoms with Crippen LogP contribution in [-0.4, -0.2) is 18.2 Å². The lowest BCUT2D eigenvalue weighted by atomic mass is 9.67. The Morgan fingerprint density at radius 1 is 1.33 bits per heavy atom. The van der Waals surface area contributed by atoms with Gasteiger partial charge in [-0.15, -0.1) is 0 Å². The summed E-state index contributed by atoms with van der Waals surface area (Å²) < 4.78 is 31.3. The van der Waals surface area contributed by atoms with Gasteiger partial charge < -0.3 is 0 Å². The third kappa shape index (κ3) is 3.45. The third-order valence-corrected chi connectivity index (χ3v) is 4.88. The molecule has 1 rings (SSSR count). The molecule has 90 valence electrons. The normalized spacial score (nSPS) is 33.7. The van der Waals surface area contributed by atoms with Gasteiger partial charge >= 0.3 is 0 Å². The molecule has 0 saturated heterocycles. The van der Waals surface area contributed by atoms with Gasteiger partial charge in [0.2, 0.25) is 0 Å². The predicted molar refractivity (Wildman–Crippen MR) is 61.3 cm³/mol. The fourth-order valence-corrected chi connectivity index (χ4v) is 3.71. The van der Waals surface area contributed by atoms with E-state index in [1.165, 1.54) is 0 Å². The third-order valence-electron chi connectivity index (χ3n) is 3.55. The number of hydrogen-bond donors (Lipinski definition) is 1. The van der Waals surface area contributed by atoms with E-state index in [9.17, 15) is 8.42 Å². The lowest BCUT2D eigenvalue weighted by molar-refractivity contribution is 0.130. The molecule has 0 heterocycles. The maximum absolute atomic E-state index is 11.1. The molecule has 0 radical (unpaired) electrons. The first-order chi connectivity index (χ1) is 6.62. The summed E-state index contributed by atoms with van der Waals surface area (Å²) in [5.74, 6) is 0.640. The molecule has 3 nitrogen and oxygen atoms in total. The largest absolute Gasteiger partial charge is 0.285 e. The van der Waals surface area contributed by atoms with E-state index in [1.54, 1.807) is 6.92 Å². The molecule has 15 heavy (non-hydrogen) atoms. The SMILES string of the molecule is CC1CC(C(C)S(=O)(=O)O)CC(C)(C)C1. The van der Waals surface area contributed by atoms with Gasteiger partial charge in [0.15, 0.2) is 0 Å². The second-order valence-corrected chi connectivity index (χ2v) is 7.67. The number of rotatable bonds is 2. The van der Waals surface area contributed by atoms with Crippen LogP contribution in [0.5, 0.6) is 0 Å². The quantitative estimate of drug-likeness (QED) is 0.747. The highest BCUT2D eigenvalue weighted by Crippen LogP contribution is 2.43. The molecule has 0 spiro atoms. The Bertz CT molecular complexity index is 319. The van der Waals surface area contributed by atoms with Crippen LogP contribution in [-0.2, 0) is 10.1 Å². The van der Waals surface area contributed by atoms with Crippen molar-refractivity contribution in [2.45, 2.75) is 52.2 Å². The van der Waals surface area contributed by atoms with E-state index in [1.807, 2.05) is 0 Å². The van der Waals surface area contributed by atoms with Crippen molar-refractivity contribution >= 4 is 10.1 Å². The van der Waals surface area contributed by atoms with Gasteiger partial charge in [-0.25, -0.2) is 0 Å². The minimum absolute atomic E-state index is 0.0961. The Labute approximate surface area is 93.0 Å². The molecule has 0 aromatic rings. The van der Waals surface area contributed by atoms with E-state index in [4.69, 9.17) is 4.55 Å². The molecule has 1 aliphatic carbocycles. The highest BCUT2D eigenvalue weighted by molar-refractivity contribution is 7.86. The second-order valence-electron chi connectivity index (χ2n) is 5.89. The van der Waals surface area contributed by atoms with Gasteiger partial charge in [-0.05, 0) is 43.4 Å². The summed E-state index contributed by atoms with van der Waals surface area (Å²) in [5.41, 5.74) is 0.196. The first-order valence-corrected chi connectivity index (χ1v) is 7.08. The summed E-state index contributed by atoms with van der Waals surface area (Å²) in [6, 6.07) is 0. The van der Waals surface area contributed by atoms with Crippen LogP contribution in [0.3, 0.4) is 0 Å². The van der Waals surface area contributed by atoms with Crippen molar-refractivity contribution in [2.75, 3.05) is 0 Å². The first kappa shape index (κ1) is 13.0. The van der Waals surface area contributed by atoms with Crippen molar-refractivity contribution in [1.29, 1.82) is 0 Å². The van der Waals surface area contributed by atoms with Crippen LogP contribution in [0.15, 0.2) is 0 Å². The van der Waals surface area contributed by atoms with Crippen LogP contribution in [0.2, 0.25) is 0 Å². The highest BCUT2D eigenvalue weighted by atomic mass is 32.2. The van der Waals surface area contributed by atoms with Crippen molar-refractivity contribution in [3.05, 3.63) is 0 Å². The van der Waals surface area contributed by atoms with E-state index in [-0.39, 0.29) is 11.3 Å². The molecule has 1 N–H and O–H groups in total. The van der Waals surface area contributed by atoms with Gasteiger partial charge in [0.05, 0.1) is 5.25 Å². The zero-order valence-electron chi connectivity index (χ0n) is 10.0. The zero-order valence-corrected chi connectivity index (χ0v) is 10.8. The predicted octanol–water partition coefficient (Wildman–Crippen LogP) is 2.73. The fraction of sp³-hybridized carbons (Fsp3) is 1.00. The molecule has 1 fully saturated rings. The topological polar surface area (TPSA) is 54.4 Å². The van der Waals surface area contributed by atoms with Crippen molar-refractivity contribution in [2.24, 2.45) is 17.3 Å². The highest BCUT2D eigenvalue weighted by Gasteiger charge is 2.38. The lowest BCUT2D eigenvalue weighted by Crippen LogP contribution is -2.36. The molecule has 3 unspecified atom stereocenters. The Kier molecular flexibility index (Phi) is 3.51. The molecule has 4 heteroatoms. The van der Waals surface area contributed by atoms with Crippen molar-refractivity contribution in [3.8, 4) is 0 Å². The Morgan fingerprint density at radius 3 is 2.27 bits per heavy atom. The molecule has 0 aliphatic heterocycles. The Balaban J connectivity index is 2.79. The van der Waals surface area contributed by atoms with E-state index < -0.39 is 15.4 Å². The summed E-state index contributed by atoms with van der Waals surface area (Å²) in [5, 5.41) is -0.625. The minimum atomic E-state index is -3.88. The monoisotopic (exact) mass is 234 g/mol. The molecule has 0 amide bonds. The molecule has 0 aromatic heterocycles. The maximum Gasteiger partial charge on any atom is 0.267 e. The average molecular weight is 234 g/mol. The second kappa shape index (κ2) is 4.06. The van der Waals surface area contributed by atoms with Crippen LogP contribution in [0, 0.1) is 17.3 Å². The van der Waals surface area contributed by atoms with Crippen LogP contribution in [0.4, 0.5) is 0 Å². The summed E-state index contributed by atoms with van der Waals surface area (Å²) in [6.07, 6.45) is 2.93. The van der Waals surface area contributed by atoms with Gasteiger partial charge in [-0.3, -0.25) is 4.55 Å². The first-order valence-electron chi connectivity index (χ1n) is 5.58. The molecular weight excluding hydrogens is 212 g/mol. The molecule has 3 atom stereocenters. The molecule has 0 bridgehead atoms. The van der Waals surface area contributed by atoms with Gasteiger partial charge in [0.25, 0.3) is 10.1 Å². The summed E-state index contributed by atoms with van der Waals surface area (Å²) >= 11 is 0. The minimum Gasteiger partial charge on any atom is -0.285 e. The summed E-state index contributed by atoms with van der Waals surface area (Å²) in [7, 11) is -3.88. The van der Waals surface area contributed by atoms with Gasteiger partial charge in [-0.1, -0.05) is 20.8 Å². The van der Waals surface area contributed by atoms with E-state index in [0.29, 0.717) is 5.92 Å². The van der Waals surface area contributed by atoms with E-state index in [2.05, 4.69) is 20.8 Å². The molecule has 0 aromatic carbocycles.